The minimum atomic E-state index is 0.400. The standard InChI is InChI=1S/C21H24N4/c1-5-20-22-13-19(25-20)17-9-6-16(7-10-17)8-11-18-12-23-21(24-18)15(4)14(2)3/h6-7,9-10,12-15H,5H2,1-4H3,(H,22,25)(H,23,24). The molecule has 0 radical (unpaired) electrons. The van der Waals surface area contributed by atoms with Crippen molar-refractivity contribution in [1.29, 1.82) is 0 Å². The summed E-state index contributed by atoms with van der Waals surface area (Å²) < 4.78 is 0. The Labute approximate surface area is 149 Å². The van der Waals surface area contributed by atoms with Gasteiger partial charge in [0.25, 0.3) is 0 Å². The summed E-state index contributed by atoms with van der Waals surface area (Å²) >= 11 is 0. The number of aromatic nitrogens is 4. The van der Waals surface area contributed by atoms with Crippen molar-refractivity contribution in [1.82, 2.24) is 19.9 Å². The van der Waals surface area contributed by atoms with Gasteiger partial charge in [-0.2, -0.15) is 0 Å². The van der Waals surface area contributed by atoms with Gasteiger partial charge in [-0.05, 0) is 29.5 Å². The van der Waals surface area contributed by atoms with Crippen LogP contribution in [0.4, 0.5) is 0 Å². The SMILES string of the molecule is CCc1ncc(-c2ccc(C#Cc3cnc(C(C)C(C)C)[nH]3)cc2)[nH]1. The highest BCUT2D eigenvalue weighted by Gasteiger charge is 2.12. The molecule has 0 saturated carbocycles. The molecule has 3 aromatic rings. The maximum absolute atomic E-state index is 4.44. The lowest BCUT2D eigenvalue weighted by Gasteiger charge is -2.11. The smallest absolute Gasteiger partial charge is 0.110 e. The fourth-order valence-corrected chi connectivity index (χ4v) is 2.51. The predicted molar refractivity (Wildman–Crippen MR) is 101 cm³/mol. The highest BCUT2D eigenvalue weighted by Crippen LogP contribution is 2.20. The van der Waals surface area contributed by atoms with Crippen LogP contribution in [0.5, 0.6) is 0 Å². The van der Waals surface area contributed by atoms with Gasteiger partial charge < -0.3 is 9.97 Å². The number of hydrogen-bond acceptors (Lipinski definition) is 2. The fourth-order valence-electron chi connectivity index (χ4n) is 2.51. The molecule has 1 atom stereocenters. The largest absolute Gasteiger partial charge is 0.342 e. The van der Waals surface area contributed by atoms with Crippen molar-refractivity contribution in [3.05, 3.63) is 59.6 Å². The molecule has 4 heteroatoms. The maximum atomic E-state index is 4.44. The van der Waals surface area contributed by atoms with Gasteiger partial charge in [0, 0.05) is 17.9 Å². The third kappa shape index (κ3) is 4.00. The minimum Gasteiger partial charge on any atom is -0.342 e. The van der Waals surface area contributed by atoms with Gasteiger partial charge in [0.05, 0.1) is 18.1 Å². The zero-order valence-electron chi connectivity index (χ0n) is 15.2. The first kappa shape index (κ1) is 17.0. The van der Waals surface area contributed by atoms with E-state index in [2.05, 4.69) is 71.6 Å². The lowest BCUT2D eigenvalue weighted by atomic mass is 9.98. The number of nitrogens with one attached hydrogen (secondary N) is 2. The Bertz CT molecular complexity index is 888. The Hall–Kier alpha value is -2.80. The van der Waals surface area contributed by atoms with E-state index in [0.29, 0.717) is 11.8 Å². The second-order valence-corrected chi connectivity index (χ2v) is 6.64. The van der Waals surface area contributed by atoms with Crippen molar-refractivity contribution < 1.29 is 0 Å². The van der Waals surface area contributed by atoms with Crippen molar-refractivity contribution in [2.45, 2.75) is 40.0 Å². The average Bonchev–Trinajstić information content (AvgIpc) is 3.29. The monoisotopic (exact) mass is 332 g/mol. The number of hydrogen-bond donors (Lipinski definition) is 2. The second-order valence-electron chi connectivity index (χ2n) is 6.64. The quantitative estimate of drug-likeness (QED) is 0.690. The molecular weight excluding hydrogens is 308 g/mol. The van der Waals surface area contributed by atoms with E-state index < -0.39 is 0 Å². The maximum Gasteiger partial charge on any atom is 0.110 e. The molecule has 2 aromatic heterocycles. The van der Waals surface area contributed by atoms with E-state index in [1.165, 1.54) is 0 Å². The fraction of sp³-hybridized carbons (Fsp3) is 0.333. The normalized spacial score (nSPS) is 12.0. The van der Waals surface area contributed by atoms with Crippen molar-refractivity contribution in [3.63, 3.8) is 0 Å². The Morgan fingerprint density at radius 3 is 2.36 bits per heavy atom. The van der Waals surface area contributed by atoms with Crippen molar-refractivity contribution >= 4 is 0 Å². The molecule has 0 fully saturated rings. The molecule has 2 N–H and O–H groups in total. The minimum absolute atomic E-state index is 0.400. The van der Waals surface area contributed by atoms with Crippen LogP contribution in [0.15, 0.2) is 36.7 Å². The molecule has 0 saturated heterocycles. The van der Waals surface area contributed by atoms with Gasteiger partial charge in [0.1, 0.15) is 17.3 Å². The van der Waals surface area contributed by atoms with Crippen LogP contribution >= 0.6 is 0 Å². The van der Waals surface area contributed by atoms with Gasteiger partial charge in [0.2, 0.25) is 0 Å². The molecule has 3 rings (SSSR count). The number of imidazole rings is 2. The highest BCUT2D eigenvalue weighted by molar-refractivity contribution is 5.60. The molecule has 25 heavy (non-hydrogen) atoms. The summed E-state index contributed by atoms with van der Waals surface area (Å²) in [7, 11) is 0. The molecule has 0 aliphatic heterocycles. The molecule has 0 aliphatic rings. The Morgan fingerprint density at radius 1 is 0.960 bits per heavy atom. The lowest BCUT2D eigenvalue weighted by molar-refractivity contribution is 0.514. The number of rotatable bonds is 4. The van der Waals surface area contributed by atoms with E-state index in [0.717, 1.165) is 40.6 Å². The van der Waals surface area contributed by atoms with Crippen LogP contribution in [0.2, 0.25) is 0 Å². The van der Waals surface area contributed by atoms with Crippen LogP contribution in [0.3, 0.4) is 0 Å². The summed E-state index contributed by atoms with van der Waals surface area (Å²) in [6, 6.07) is 8.19. The third-order valence-electron chi connectivity index (χ3n) is 4.53. The molecule has 0 bridgehead atoms. The Balaban J connectivity index is 1.73. The summed E-state index contributed by atoms with van der Waals surface area (Å²) in [4.78, 5) is 15.4. The first-order valence-corrected chi connectivity index (χ1v) is 8.78. The Kier molecular flexibility index (Phi) is 5.04. The molecule has 0 amide bonds. The molecule has 128 valence electrons. The van der Waals surface area contributed by atoms with Crippen LogP contribution in [0, 0.1) is 17.8 Å². The second kappa shape index (κ2) is 7.40. The van der Waals surface area contributed by atoms with Gasteiger partial charge in [-0.15, -0.1) is 0 Å². The first-order chi connectivity index (χ1) is 12.1. The number of aryl methyl sites for hydroxylation is 1. The van der Waals surface area contributed by atoms with Crippen molar-refractivity contribution in [3.8, 4) is 23.1 Å². The molecule has 2 heterocycles. The van der Waals surface area contributed by atoms with E-state index in [1.807, 2.05) is 24.5 Å². The van der Waals surface area contributed by atoms with Gasteiger partial charge in [-0.25, -0.2) is 9.97 Å². The van der Waals surface area contributed by atoms with E-state index in [-0.39, 0.29) is 0 Å². The van der Waals surface area contributed by atoms with Crippen LogP contribution in [0.1, 0.15) is 56.5 Å². The van der Waals surface area contributed by atoms with Gasteiger partial charge in [-0.3, -0.25) is 0 Å². The van der Waals surface area contributed by atoms with E-state index in [9.17, 15) is 0 Å². The predicted octanol–water partition coefficient (Wildman–Crippen LogP) is 4.52. The molecule has 0 aliphatic carbocycles. The van der Waals surface area contributed by atoms with E-state index in [1.54, 1.807) is 0 Å². The average molecular weight is 332 g/mol. The van der Waals surface area contributed by atoms with Gasteiger partial charge >= 0.3 is 0 Å². The van der Waals surface area contributed by atoms with E-state index >= 15 is 0 Å². The zero-order chi connectivity index (χ0) is 17.8. The lowest BCUT2D eigenvalue weighted by Crippen LogP contribution is -2.03. The molecule has 0 spiro atoms. The number of nitrogens with zero attached hydrogens (tertiary/aromatic N) is 2. The molecule has 4 nitrogen and oxygen atoms in total. The van der Waals surface area contributed by atoms with Crippen LogP contribution in [-0.2, 0) is 6.42 Å². The first-order valence-electron chi connectivity index (χ1n) is 8.78. The Morgan fingerprint density at radius 2 is 1.72 bits per heavy atom. The number of aromatic amines is 2. The summed E-state index contributed by atoms with van der Waals surface area (Å²) in [5, 5.41) is 0. The van der Waals surface area contributed by atoms with Crippen LogP contribution in [0.25, 0.3) is 11.3 Å². The molecule has 1 aromatic carbocycles. The van der Waals surface area contributed by atoms with E-state index in [4.69, 9.17) is 0 Å². The number of benzene rings is 1. The summed E-state index contributed by atoms with van der Waals surface area (Å²) in [6.45, 7) is 8.66. The highest BCUT2D eigenvalue weighted by atomic mass is 14.9. The summed E-state index contributed by atoms with van der Waals surface area (Å²) in [5.74, 6) is 9.31. The van der Waals surface area contributed by atoms with Gasteiger partial charge in [-0.1, -0.05) is 45.7 Å². The zero-order valence-corrected chi connectivity index (χ0v) is 15.2. The molecular formula is C21H24N4. The third-order valence-corrected chi connectivity index (χ3v) is 4.53. The van der Waals surface area contributed by atoms with Crippen LogP contribution < -0.4 is 0 Å². The van der Waals surface area contributed by atoms with Crippen LogP contribution in [-0.4, -0.2) is 19.9 Å². The van der Waals surface area contributed by atoms with Crippen molar-refractivity contribution in [2.75, 3.05) is 0 Å². The summed E-state index contributed by atoms with van der Waals surface area (Å²) in [5.41, 5.74) is 3.99. The van der Waals surface area contributed by atoms with Crippen molar-refractivity contribution in [2.24, 2.45) is 5.92 Å². The van der Waals surface area contributed by atoms with Gasteiger partial charge in [0.15, 0.2) is 0 Å². The molecule has 1 unspecified atom stereocenters. The topological polar surface area (TPSA) is 57.4 Å². The number of H-pyrrole nitrogens is 2. The summed E-state index contributed by atoms with van der Waals surface area (Å²) in [6.07, 6.45) is 4.60.